The van der Waals surface area contributed by atoms with E-state index in [1.807, 2.05) is 6.20 Å². The Kier molecular flexibility index (Phi) is 1.98. The lowest BCUT2D eigenvalue weighted by atomic mass is 9.85. The molecule has 4 heteroatoms. The minimum absolute atomic E-state index is 0.163. The van der Waals surface area contributed by atoms with E-state index >= 15 is 0 Å². The Morgan fingerprint density at radius 3 is 2.88 bits per heavy atom. The zero-order valence-electron chi connectivity index (χ0n) is 9.85. The zero-order chi connectivity index (χ0) is 11.3. The summed E-state index contributed by atoms with van der Waals surface area (Å²) < 4.78 is 0. The normalized spacial score (nSPS) is 31.1. The second-order valence-electron chi connectivity index (χ2n) is 5.66. The van der Waals surface area contributed by atoms with Crippen LogP contribution in [-0.2, 0) is 5.41 Å². The second kappa shape index (κ2) is 3.17. The van der Waals surface area contributed by atoms with E-state index in [9.17, 15) is 0 Å². The Balaban J connectivity index is 1.94. The van der Waals surface area contributed by atoms with Gasteiger partial charge in [0, 0.05) is 35.8 Å². The molecule has 0 amide bonds. The van der Waals surface area contributed by atoms with E-state index < -0.39 is 0 Å². The molecule has 0 atom stereocenters. The van der Waals surface area contributed by atoms with E-state index in [2.05, 4.69) is 28.7 Å². The fourth-order valence-electron chi connectivity index (χ4n) is 2.80. The Morgan fingerprint density at radius 1 is 1.44 bits per heavy atom. The number of rotatable bonds is 1. The first-order chi connectivity index (χ1) is 7.58. The molecule has 1 aliphatic heterocycles. The second-order valence-corrected chi connectivity index (χ2v) is 5.66. The fourth-order valence-corrected chi connectivity index (χ4v) is 2.80. The van der Waals surface area contributed by atoms with Crippen LogP contribution >= 0.6 is 0 Å². The molecule has 1 fully saturated rings. The number of fused-ring (bicyclic) bond motifs is 1. The van der Waals surface area contributed by atoms with Gasteiger partial charge in [-0.15, -0.1) is 0 Å². The molecule has 0 saturated heterocycles. The van der Waals surface area contributed by atoms with Gasteiger partial charge in [-0.3, -0.25) is 0 Å². The van der Waals surface area contributed by atoms with Gasteiger partial charge in [-0.2, -0.15) is 0 Å². The minimum atomic E-state index is 0.163. The van der Waals surface area contributed by atoms with Crippen LogP contribution in [0, 0.1) is 0 Å². The third kappa shape index (κ3) is 1.33. The van der Waals surface area contributed by atoms with Crippen LogP contribution in [0.3, 0.4) is 0 Å². The molecule has 3 rings (SSSR count). The molecule has 16 heavy (non-hydrogen) atoms. The Bertz CT molecular complexity index is 409. The van der Waals surface area contributed by atoms with Gasteiger partial charge < -0.3 is 10.6 Å². The summed E-state index contributed by atoms with van der Waals surface area (Å²) in [5.41, 5.74) is 7.30. The van der Waals surface area contributed by atoms with Crippen molar-refractivity contribution >= 4 is 5.82 Å². The van der Waals surface area contributed by atoms with Gasteiger partial charge in [-0.05, 0) is 12.8 Å². The van der Waals surface area contributed by atoms with E-state index in [1.54, 1.807) is 6.33 Å². The molecule has 0 bridgehead atoms. The summed E-state index contributed by atoms with van der Waals surface area (Å²) in [5.74, 6) is 1.12. The van der Waals surface area contributed by atoms with Gasteiger partial charge in [0.15, 0.2) is 0 Å². The number of anilines is 1. The maximum absolute atomic E-state index is 5.86. The first-order valence-corrected chi connectivity index (χ1v) is 5.90. The first kappa shape index (κ1) is 10.0. The number of aromatic nitrogens is 2. The van der Waals surface area contributed by atoms with Gasteiger partial charge in [0.25, 0.3) is 0 Å². The van der Waals surface area contributed by atoms with Crippen LogP contribution in [0.25, 0.3) is 0 Å². The summed E-state index contributed by atoms with van der Waals surface area (Å²) in [4.78, 5) is 11.0. The van der Waals surface area contributed by atoms with Gasteiger partial charge in [-0.25, -0.2) is 9.97 Å². The first-order valence-electron chi connectivity index (χ1n) is 5.90. The molecule has 86 valence electrons. The third-order valence-corrected chi connectivity index (χ3v) is 3.85. The van der Waals surface area contributed by atoms with Crippen molar-refractivity contribution in [2.45, 2.75) is 44.2 Å². The fraction of sp³-hybridized carbons (Fsp3) is 0.667. The van der Waals surface area contributed by atoms with Gasteiger partial charge in [0.1, 0.15) is 12.1 Å². The summed E-state index contributed by atoms with van der Waals surface area (Å²) in [7, 11) is 0. The number of hydrogen-bond acceptors (Lipinski definition) is 4. The van der Waals surface area contributed by atoms with Crippen LogP contribution in [0.2, 0.25) is 0 Å². The van der Waals surface area contributed by atoms with Crippen molar-refractivity contribution in [3.63, 3.8) is 0 Å². The van der Waals surface area contributed by atoms with Crippen LogP contribution in [0.4, 0.5) is 5.82 Å². The lowest BCUT2D eigenvalue weighted by Crippen LogP contribution is -2.51. The van der Waals surface area contributed by atoms with Crippen molar-refractivity contribution in [3.8, 4) is 0 Å². The summed E-state index contributed by atoms with van der Waals surface area (Å²) in [5, 5.41) is 0. The van der Waals surface area contributed by atoms with E-state index in [0.29, 0.717) is 12.1 Å². The van der Waals surface area contributed by atoms with Gasteiger partial charge >= 0.3 is 0 Å². The number of nitrogens with two attached hydrogens (primary N) is 1. The van der Waals surface area contributed by atoms with Gasteiger partial charge in [0.05, 0.1) is 0 Å². The number of hydrogen-bond donors (Lipinski definition) is 1. The van der Waals surface area contributed by atoms with Crippen molar-refractivity contribution in [2.75, 3.05) is 11.4 Å². The van der Waals surface area contributed by atoms with Crippen molar-refractivity contribution in [1.29, 1.82) is 0 Å². The molecular weight excluding hydrogens is 200 g/mol. The highest BCUT2D eigenvalue weighted by Crippen LogP contribution is 2.42. The molecule has 2 N–H and O–H groups in total. The lowest BCUT2D eigenvalue weighted by molar-refractivity contribution is 0.323. The minimum Gasteiger partial charge on any atom is -0.352 e. The van der Waals surface area contributed by atoms with Crippen molar-refractivity contribution < 1.29 is 0 Å². The van der Waals surface area contributed by atoms with E-state index in [4.69, 9.17) is 5.73 Å². The van der Waals surface area contributed by atoms with Gasteiger partial charge in [0.2, 0.25) is 0 Å². The average Bonchev–Trinajstić information content (AvgIpc) is 2.47. The Labute approximate surface area is 95.9 Å². The third-order valence-electron chi connectivity index (χ3n) is 3.85. The Hall–Kier alpha value is -1.16. The zero-order valence-corrected chi connectivity index (χ0v) is 9.85. The Morgan fingerprint density at radius 2 is 2.19 bits per heavy atom. The number of nitrogens with zero attached hydrogens (tertiary/aromatic N) is 3. The SMILES string of the molecule is CC1(C)CN(C2CC(N)C2)c2ncncc21. The molecule has 1 saturated carbocycles. The highest BCUT2D eigenvalue weighted by Gasteiger charge is 2.42. The van der Waals surface area contributed by atoms with E-state index in [-0.39, 0.29) is 5.41 Å². The average molecular weight is 218 g/mol. The van der Waals surface area contributed by atoms with Crippen LogP contribution in [0.1, 0.15) is 32.3 Å². The molecule has 0 radical (unpaired) electrons. The summed E-state index contributed by atoms with van der Waals surface area (Å²) in [6.45, 7) is 5.56. The topological polar surface area (TPSA) is 55.0 Å². The van der Waals surface area contributed by atoms with Crippen LogP contribution < -0.4 is 10.6 Å². The monoisotopic (exact) mass is 218 g/mol. The molecule has 1 aliphatic carbocycles. The summed E-state index contributed by atoms with van der Waals surface area (Å²) in [6, 6.07) is 0.976. The molecule has 4 nitrogen and oxygen atoms in total. The predicted molar refractivity (Wildman–Crippen MR) is 63.4 cm³/mol. The molecule has 2 heterocycles. The molecule has 1 aromatic heterocycles. The molecular formula is C12H18N4. The molecule has 0 aromatic carbocycles. The summed E-state index contributed by atoms with van der Waals surface area (Å²) in [6.07, 6.45) is 5.80. The summed E-state index contributed by atoms with van der Waals surface area (Å²) >= 11 is 0. The van der Waals surface area contributed by atoms with Crippen molar-refractivity contribution in [1.82, 2.24) is 9.97 Å². The largest absolute Gasteiger partial charge is 0.352 e. The molecule has 2 aliphatic rings. The smallest absolute Gasteiger partial charge is 0.136 e. The highest BCUT2D eigenvalue weighted by atomic mass is 15.3. The van der Waals surface area contributed by atoms with E-state index in [0.717, 1.165) is 25.2 Å². The predicted octanol–water partition coefficient (Wildman–Crippen LogP) is 1.06. The van der Waals surface area contributed by atoms with Gasteiger partial charge in [-0.1, -0.05) is 13.8 Å². The molecule has 1 aromatic rings. The molecule has 0 spiro atoms. The van der Waals surface area contributed by atoms with Crippen LogP contribution in [0.5, 0.6) is 0 Å². The standard InChI is InChI=1S/C12H18N4/c1-12(2)6-16(9-3-8(13)4-9)11-10(12)5-14-7-15-11/h5,7-9H,3-4,6,13H2,1-2H3. The maximum Gasteiger partial charge on any atom is 0.136 e. The van der Waals surface area contributed by atoms with Crippen molar-refractivity contribution in [2.24, 2.45) is 5.73 Å². The highest BCUT2D eigenvalue weighted by molar-refractivity contribution is 5.57. The van der Waals surface area contributed by atoms with Crippen molar-refractivity contribution in [3.05, 3.63) is 18.1 Å². The van der Waals surface area contributed by atoms with E-state index in [1.165, 1.54) is 5.56 Å². The van der Waals surface area contributed by atoms with Crippen LogP contribution in [-0.4, -0.2) is 28.6 Å². The lowest BCUT2D eigenvalue weighted by Gasteiger charge is -2.40. The maximum atomic E-state index is 5.86. The molecule has 0 unspecified atom stereocenters. The van der Waals surface area contributed by atoms with Crippen LogP contribution in [0.15, 0.2) is 12.5 Å². The quantitative estimate of drug-likeness (QED) is 0.766.